The number of aromatic nitrogens is 5. The van der Waals surface area contributed by atoms with Crippen molar-refractivity contribution in [3.05, 3.63) is 344 Å². The molecule has 4 aromatic heterocycles. The summed E-state index contributed by atoms with van der Waals surface area (Å²) in [5, 5.41) is 7.26. The number of hydrogen-bond donors (Lipinski definition) is 0. The molecule has 0 saturated heterocycles. The van der Waals surface area contributed by atoms with Crippen molar-refractivity contribution in [2.75, 3.05) is 0 Å². The first kappa shape index (κ1) is 56.9. The Bertz CT molecular complexity index is 6110. The third kappa shape index (κ3) is 8.73. The van der Waals surface area contributed by atoms with Crippen LogP contribution in [0.25, 0.3) is 172 Å². The lowest BCUT2D eigenvalue weighted by Crippen LogP contribution is -2.15. The largest absolute Gasteiger partial charge is 0.309 e. The van der Waals surface area contributed by atoms with E-state index in [2.05, 4.69) is 363 Å². The van der Waals surface area contributed by atoms with Gasteiger partial charge in [-0.15, -0.1) is 0 Å². The molecule has 2 aliphatic rings. The lowest BCUT2D eigenvalue weighted by molar-refractivity contribution is 0.660. The summed E-state index contributed by atoms with van der Waals surface area (Å²) in [5.41, 5.74) is 32.3. The van der Waals surface area contributed by atoms with E-state index in [0.717, 1.165) is 84.0 Å². The van der Waals surface area contributed by atoms with E-state index >= 15 is 0 Å². The van der Waals surface area contributed by atoms with Crippen LogP contribution in [0.3, 0.4) is 0 Å². The third-order valence-electron chi connectivity index (χ3n) is 21.9. The Hall–Kier alpha value is -12.4. The fourth-order valence-corrected chi connectivity index (χ4v) is 16.9. The summed E-state index contributed by atoms with van der Waals surface area (Å²) < 4.78 is 7.45. The minimum absolute atomic E-state index is 0.137. The Morgan fingerprint density at radius 1 is 0.212 bits per heavy atom. The van der Waals surface area contributed by atoms with Gasteiger partial charge in [0.1, 0.15) is 0 Å². The number of para-hydroxylation sites is 2. The molecule has 466 valence electrons. The van der Waals surface area contributed by atoms with E-state index in [1.165, 1.54) is 104 Å². The van der Waals surface area contributed by atoms with E-state index in [1.807, 2.05) is 0 Å². The first-order chi connectivity index (χ1) is 48.6. The van der Waals surface area contributed by atoms with Crippen LogP contribution in [0.4, 0.5) is 0 Å². The van der Waals surface area contributed by atoms with E-state index in [1.54, 1.807) is 0 Å². The molecule has 0 N–H and O–H groups in total. The maximum Gasteiger partial charge on any atom is 0.160 e. The molecule has 14 aromatic carbocycles. The van der Waals surface area contributed by atoms with Gasteiger partial charge in [-0.3, -0.25) is 0 Å². The first-order valence-corrected chi connectivity index (χ1v) is 34.4. The van der Waals surface area contributed by atoms with Crippen LogP contribution in [0, 0.1) is 0 Å². The summed E-state index contributed by atoms with van der Waals surface area (Å²) >= 11 is 0. The van der Waals surface area contributed by atoms with Crippen molar-refractivity contribution in [3.8, 4) is 107 Å². The van der Waals surface area contributed by atoms with Crippen molar-refractivity contribution in [3.63, 3.8) is 0 Å². The zero-order valence-electron chi connectivity index (χ0n) is 55.3. The third-order valence-corrected chi connectivity index (χ3v) is 21.9. The first-order valence-electron chi connectivity index (χ1n) is 34.4. The minimum atomic E-state index is -0.137. The number of benzene rings is 14. The smallest absolute Gasteiger partial charge is 0.160 e. The Morgan fingerprint density at radius 3 is 1.02 bits per heavy atom. The normalized spacial score (nSPS) is 13.4. The molecule has 0 spiro atoms. The summed E-state index contributed by atoms with van der Waals surface area (Å²) in [6, 6.07) is 119. The van der Waals surface area contributed by atoms with Gasteiger partial charge in [-0.25, -0.2) is 9.97 Å². The molecule has 5 heteroatoms. The van der Waals surface area contributed by atoms with Crippen LogP contribution in [0.2, 0.25) is 0 Å². The highest BCUT2D eigenvalue weighted by atomic mass is 15.0. The zero-order valence-corrected chi connectivity index (χ0v) is 55.3. The summed E-state index contributed by atoms with van der Waals surface area (Å²) in [4.78, 5) is 10.8. The van der Waals surface area contributed by atoms with Crippen LogP contribution in [0.15, 0.2) is 322 Å². The van der Waals surface area contributed by atoms with Crippen molar-refractivity contribution in [1.29, 1.82) is 0 Å². The Labute approximate surface area is 574 Å². The molecule has 0 aliphatic heterocycles. The fourth-order valence-electron chi connectivity index (χ4n) is 16.9. The van der Waals surface area contributed by atoms with Gasteiger partial charge in [0, 0.05) is 76.9 Å². The van der Waals surface area contributed by atoms with Gasteiger partial charge in [-0.05, 0) is 157 Å². The van der Waals surface area contributed by atoms with Gasteiger partial charge >= 0.3 is 0 Å². The second-order valence-electron chi connectivity index (χ2n) is 28.1. The lowest BCUT2D eigenvalue weighted by atomic mass is 9.82. The van der Waals surface area contributed by atoms with Crippen LogP contribution in [0.5, 0.6) is 0 Å². The van der Waals surface area contributed by atoms with Gasteiger partial charge in [-0.1, -0.05) is 270 Å². The molecule has 0 radical (unpaired) electrons. The summed E-state index contributed by atoms with van der Waals surface area (Å²) in [6.45, 7) is 9.47. The SMILES string of the molecule is CC1(C)c2ccccc2-c2ccc(-n3c4ccccc4c4ccc(-c5ccc6c7ccc(-c8ccc9c%10ccccc%10n(-c%10ccc%11c(c%10)C(C)(C)c%10ccccc%10-%11)c9c8)cc7n(-c7cccc(-c8nc(-c9ccccc9)cc(-c9ccc(-c%10ccccc%10)cc9)n8)c7)c6c5)cc43)cc21. The van der Waals surface area contributed by atoms with Gasteiger partial charge < -0.3 is 13.7 Å². The molecule has 0 saturated carbocycles. The predicted octanol–water partition coefficient (Wildman–Crippen LogP) is 24.4. The molecule has 0 atom stereocenters. The molecular formula is C94H65N5. The van der Waals surface area contributed by atoms with Gasteiger partial charge in [0.2, 0.25) is 0 Å². The Morgan fingerprint density at radius 2 is 0.545 bits per heavy atom. The number of hydrogen-bond acceptors (Lipinski definition) is 2. The quantitative estimate of drug-likeness (QED) is 0.144. The maximum atomic E-state index is 5.44. The number of fused-ring (bicyclic) bond motifs is 15. The van der Waals surface area contributed by atoms with Crippen LogP contribution in [-0.4, -0.2) is 23.7 Å². The van der Waals surface area contributed by atoms with Crippen LogP contribution in [0.1, 0.15) is 49.9 Å². The molecular weight excluding hydrogens is 1200 g/mol. The average Bonchev–Trinajstić information content (AvgIpc) is 1.58. The Balaban J connectivity index is 0.768. The fraction of sp³-hybridized carbons (Fsp3) is 0.0638. The van der Waals surface area contributed by atoms with Crippen LogP contribution in [-0.2, 0) is 10.8 Å². The zero-order chi connectivity index (χ0) is 65.8. The van der Waals surface area contributed by atoms with Crippen molar-refractivity contribution < 1.29 is 0 Å². The van der Waals surface area contributed by atoms with Crippen molar-refractivity contribution in [2.45, 2.75) is 38.5 Å². The molecule has 0 unspecified atom stereocenters. The van der Waals surface area contributed by atoms with Crippen molar-refractivity contribution >= 4 is 65.4 Å². The van der Waals surface area contributed by atoms with E-state index < -0.39 is 0 Å². The highest BCUT2D eigenvalue weighted by Gasteiger charge is 2.37. The second-order valence-corrected chi connectivity index (χ2v) is 28.1. The summed E-state index contributed by atoms with van der Waals surface area (Å²) in [6.07, 6.45) is 0. The maximum absolute atomic E-state index is 5.44. The predicted molar refractivity (Wildman–Crippen MR) is 413 cm³/mol. The van der Waals surface area contributed by atoms with Crippen molar-refractivity contribution in [2.24, 2.45) is 0 Å². The standard InChI is InChI=1S/C94H65N5/c1-93(2)80-30-15-11-26-70(80)72-48-42-68(55-82(72)93)97-86-32-17-13-28-74(86)76-44-38-62(51-88(76)97)64-40-46-78-79-47-41-65(63-39-45-77-75-29-14-18-33-87(75)98(89(77)52-63)69-43-49-73-71-27-12-16-31-81(71)94(3,4)83(73)56-69)54-91(79)99(90(78)53-64)67-25-19-24-66(50-67)92-95-84(60-22-9-6-10-23-60)57-85(96-92)61-36-34-59(35-37-61)58-20-7-5-8-21-58/h5-57H,1-4H3. The van der Waals surface area contributed by atoms with Gasteiger partial charge in [0.25, 0.3) is 0 Å². The molecule has 0 bridgehead atoms. The highest BCUT2D eigenvalue weighted by Crippen LogP contribution is 2.52. The van der Waals surface area contributed by atoms with Crippen LogP contribution >= 0.6 is 0 Å². The van der Waals surface area contributed by atoms with E-state index in [0.29, 0.717) is 5.82 Å². The molecule has 0 amide bonds. The van der Waals surface area contributed by atoms with E-state index in [4.69, 9.17) is 9.97 Å². The summed E-state index contributed by atoms with van der Waals surface area (Å²) in [5.74, 6) is 0.655. The molecule has 5 nitrogen and oxygen atoms in total. The molecule has 0 fully saturated rings. The lowest BCUT2D eigenvalue weighted by Gasteiger charge is -2.22. The second kappa shape index (κ2) is 21.5. The topological polar surface area (TPSA) is 40.6 Å². The highest BCUT2D eigenvalue weighted by molar-refractivity contribution is 6.14. The molecule has 99 heavy (non-hydrogen) atoms. The minimum Gasteiger partial charge on any atom is -0.309 e. The molecule has 20 rings (SSSR count). The van der Waals surface area contributed by atoms with Gasteiger partial charge in [-0.2, -0.15) is 0 Å². The van der Waals surface area contributed by atoms with Crippen molar-refractivity contribution in [1.82, 2.24) is 23.7 Å². The molecule has 4 heterocycles. The Kier molecular flexibility index (Phi) is 12.4. The van der Waals surface area contributed by atoms with Crippen LogP contribution < -0.4 is 0 Å². The average molecular weight is 1260 g/mol. The monoisotopic (exact) mass is 1260 g/mol. The van der Waals surface area contributed by atoms with E-state index in [-0.39, 0.29) is 10.8 Å². The molecule has 2 aliphatic carbocycles. The summed E-state index contributed by atoms with van der Waals surface area (Å²) in [7, 11) is 0. The van der Waals surface area contributed by atoms with E-state index in [9.17, 15) is 0 Å². The molecule has 18 aromatic rings. The van der Waals surface area contributed by atoms with Gasteiger partial charge in [0.05, 0.1) is 44.5 Å². The number of nitrogens with zero attached hydrogens (tertiary/aromatic N) is 5. The van der Waals surface area contributed by atoms with Gasteiger partial charge in [0.15, 0.2) is 5.82 Å². The number of rotatable bonds is 9.